The lowest BCUT2D eigenvalue weighted by atomic mass is 10.1. The van der Waals surface area contributed by atoms with Gasteiger partial charge in [-0.1, -0.05) is 12.1 Å². The van der Waals surface area contributed by atoms with Crippen LogP contribution in [0.25, 0.3) is 11.0 Å². The summed E-state index contributed by atoms with van der Waals surface area (Å²) in [6.07, 6.45) is 0.614. The Morgan fingerprint density at radius 2 is 2.29 bits per heavy atom. The number of benzene rings is 1. The summed E-state index contributed by atoms with van der Waals surface area (Å²) in [5.41, 5.74) is 2.44. The van der Waals surface area contributed by atoms with Crippen molar-refractivity contribution in [2.75, 3.05) is 13.2 Å². The third kappa shape index (κ3) is 2.97. The SMILES string of the molecule is O=C(Cc1cccc2nsnc12)NCCCF. The average molecular weight is 253 g/mol. The van der Waals surface area contributed by atoms with Gasteiger partial charge in [-0.3, -0.25) is 9.18 Å². The van der Waals surface area contributed by atoms with Crippen LogP contribution >= 0.6 is 11.7 Å². The van der Waals surface area contributed by atoms with Crippen molar-refractivity contribution >= 4 is 28.7 Å². The minimum absolute atomic E-state index is 0.112. The molecule has 0 aliphatic heterocycles. The van der Waals surface area contributed by atoms with Crippen molar-refractivity contribution in [3.63, 3.8) is 0 Å². The van der Waals surface area contributed by atoms with Gasteiger partial charge in [-0.2, -0.15) is 8.75 Å². The van der Waals surface area contributed by atoms with Crippen LogP contribution in [0.3, 0.4) is 0 Å². The van der Waals surface area contributed by atoms with E-state index in [1.165, 1.54) is 0 Å². The van der Waals surface area contributed by atoms with E-state index in [1.807, 2.05) is 18.2 Å². The van der Waals surface area contributed by atoms with E-state index in [1.54, 1.807) is 0 Å². The summed E-state index contributed by atoms with van der Waals surface area (Å²) in [5, 5.41) is 2.67. The molecule has 1 aromatic carbocycles. The van der Waals surface area contributed by atoms with Crippen LogP contribution in [0.2, 0.25) is 0 Å². The minimum Gasteiger partial charge on any atom is -0.356 e. The molecule has 1 heterocycles. The summed E-state index contributed by atoms with van der Waals surface area (Å²) in [6, 6.07) is 5.58. The maximum Gasteiger partial charge on any atom is 0.224 e. The van der Waals surface area contributed by atoms with Gasteiger partial charge in [0.1, 0.15) is 11.0 Å². The highest BCUT2D eigenvalue weighted by Crippen LogP contribution is 2.16. The minimum atomic E-state index is -0.411. The number of hydrogen-bond acceptors (Lipinski definition) is 4. The zero-order chi connectivity index (χ0) is 12.1. The number of carbonyl (C=O) groups excluding carboxylic acids is 1. The van der Waals surface area contributed by atoms with Crippen molar-refractivity contribution < 1.29 is 9.18 Å². The average Bonchev–Trinajstić information content (AvgIpc) is 2.78. The Morgan fingerprint density at radius 3 is 3.12 bits per heavy atom. The second-order valence-corrected chi connectivity index (χ2v) is 4.15. The van der Waals surface area contributed by atoms with Crippen molar-refractivity contribution in [3.8, 4) is 0 Å². The van der Waals surface area contributed by atoms with Gasteiger partial charge < -0.3 is 5.32 Å². The fourth-order valence-corrected chi connectivity index (χ4v) is 2.10. The van der Waals surface area contributed by atoms with Gasteiger partial charge in [-0.05, 0) is 18.1 Å². The topological polar surface area (TPSA) is 54.9 Å². The van der Waals surface area contributed by atoms with E-state index in [2.05, 4.69) is 14.1 Å². The molecule has 0 radical (unpaired) electrons. The molecule has 0 saturated carbocycles. The fraction of sp³-hybridized carbons (Fsp3) is 0.364. The highest BCUT2D eigenvalue weighted by atomic mass is 32.1. The van der Waals surface area contributed by atoms with Crippen LogP contribution in [0.1, 0.15) is 12.0 Å². The molecule has 1 aromatic heterocycles. The first-order chi connectivity index (χ1) is 8.31. The number of nitrogens with zero attached hydrogens (tertiary/aromatic N) is 2. The van der Waals surface area contributed by atoms with Crippen LogP contribution in [0, 0.1) is 0 Å². The molecule has 4 nitrogen and oxygen atoms in total. The highest BCUT2D eigenvalue weighted by Gasteiger charge is 2.08. The summed E-state index contributed by atoms with van der Waals surface area (Å²) < 4.78 is 20.1. The Labute approximate surface area is 102 Å². The fourth-order valence-electron chi connectivity index (χ4n) is 1.53. The maximum atomic E-state index is 11.9. The normalized spacial score (nSPS) is 10.6. The third-order valence-corrected chi connectivity index (χ3v) is 2.90. The lowest BCUT2D eigenvalue weighted by Gasteiger charge is -2.04. The molecule has 0 unspecified atom stereocenters. The molecule has 90 valence electrons. The molecular formula is C11H12FN3OS. The summed E-state index contributed by atoms with van der Waals surface area (Å²) in [6.45, 7) is -0.0352. The lowest BCUT2D eigenvalue weighted by molar-refractivity contribution is -0.120. The van der Waals surface area contributed by atoms with Gasteiger partial charge in [-0.25, -0.2) is 0 Å². The summed E-state index contributed by atoms with van der Waals surface area (Å²) in [7, 11) is 0. The van der Waals surface area contributed by atoms with Crippen LogP contribution < -0.4 is 5.32 Å². The van der Waals surface area contributed by atoms with Crippen LogP contribution in [0.15, 0.2) is 18.2 Å². The number of halogens is 1. The number of amides is 1. The maximum absolute atomic E-state index is 11.9. The molecule has 0 fully saturated rings. The van der Waals surface area contributed by atoms with Gasteiger partial charge in [0.25, 0.3) is 0 Å². The predicted molar refractivity (Wildman–Crippen MR) is 64.7 cm³/mol. The van der Waals surface area contributed by atoms with E-state index in [0.717, 1.165) is 28.3 Å². The molecule has 6 heteroatoms. The Bertz CT molecular complexity index is 514. The Morgan fingerprint density at radius 1 is 1.41 bits per heavy atom. The van der Waals surface area contributed by atoms with Crippen LogP contribution in [-0.2, 0) is 11.2 Å². The first-order valence-corrected chi connectivity index (χ1v) is 6.07. The monoisotopic (exact) mass is 253 g/mol. The highest BCUT2D eigenvalue weighted by molar-refractivity contribution is 7.00. The quantitative estimate of drug-likeness (QED) is 0.825. The number of rotatable bonds is 5. The van der Waals surface area contributed by atoms with Crippen molar-refractivity contribution in [1.29, 1.82) is 0 Å². The van der Waals surface area contributed by atoms with E-state index < -0.39 is 6.67 Å². The van der Waals surface area contributed by atoms with Crippen molar-refractivity contribution in [1.82, 2.24) is 14.1 Å². The van der Waals surface area contributed by atoms with E-state index in [4.69, 9.17) is 0 Å². The van der Waals surface area contributed by atoms with Crippen LogP contribution in [-0.4, -0.2) is 27.9 Å². The third-order valence-electron chi connectivity index (χ3n) is 2.35. The van der Waals surface area contributed by atoms with E-state index in [9.17, 15) is 9.18 Å². The molecule has 2 aromatic rings. The second kappa shape index (κ2) is 5.67. The number of aromatic nitrogens is 2. The Kier molecular flexibility index (Phi) is 3.98. The van der Waals surface area contributed by atoms with Gasteiger partial charge in [-0.15, -0.1) is 0 Å². The van der Waals surface area contributed by atoms with Crippen molar-refractivity contribution in [2.45, 2.75) is 12.8 Å². The van der Waals surface area contributed by atoms with E-state index >= 15 is 0 Å². The standard InChI is InChI=1S/C11H12FN3OS/c12-5-2-6-13-10(16)7-8-3-1-4-9-11(8)15-17-14-9/h1,3-4H,2,5-7H2,(H,13,16). The molecule has 1 N–H and O–H groups in total. The summed E-state index contributed by atoms with van der Waals surface area (Å²) in [4.78, 5) is 11.6. The molecule has 0 saturated heterocycles. The molecule has 0 aliphatic rings. The first-order valence-electron chi connectivity index (χ1n) is 5.34. The van der Waals surface area contributed by atoms with Gasteiger partial charge >= 0.3 is 0 Å². The zero-order valence-corrected chi connectivity index (χ0v) is 9.97. The number of nitrogens with one attached hydrogen (secondary N) is 1. The lowest BCUT2D eigenvalue weighted by Crippen LogP contribution is -2.26. The Balaban J connectivity index is 2.03. The van der Waals surface area contributed by atoms with Gasteiger partial charge in [0.05, 0.1) is 24.8 Å². The smallest absolute Gasteiger partial charge is 0.224 e. The van der Waals surface area contributed by atoms with E-state index in [-0.39, 0.29) is 12.3 Å². The van der Waals surface area contributed by atoms with E-state index in [0.29, 0.717) is 13.0 Å². The molecule has 2 rings (SSSR count). The number of fused-ring (bicyclic) bond motifs is 1. The number of alkyl halides is 1. The van der Waals surface area contributed by atoms with Crippen LogP contribution in [0.4, 0.5) is 4.39 Å². The second-order valence-electron chi connectivity index (χ2n) is 3.62. The molecule has 0 atom stereocenters. The zero-order valence-electron chi connectivity index (χ0n) is 9.15. The van der Waals surface area contributed by atoms with Gasteiger partial charge in [0, 0.05) is 6.54 Å². The molecule has 0 spiro atoms. The summed E-state index contributed by atoms with van der Waals surface area (Å²) in [5.74, 6) is -0.112. The Hall–Kier alpha value is -1.56. The number of carbonyl (C=O) groups is 1. The first kappa shape index (κ1) is 11.9. The molecule has 17 heavy (non-hydrogen) atoms. The largest absolute Gasteiger partial charge is 0.356 e. The van der Waals surface area contributed by atoms with Crippen LogP contribution in [0.5, 0.6) is 0 Å². The van der Waals surface area contributed by atoms with Gasteiger partial charge in [0.2, 0.25) is 5.91 Å². The molecule has 1 amide bonds. The molecule has 0 bridgehead atoms. The van der Waals surface area contributed by atoms with Crippen molar-refractivity contribution in [3.05, 3.63) is 23.8 Å². The predicted octanol–water partition coefficient (Wildman–Crippen LogP) is 1.71. The van der Waals surface area contributed by atoms with Gasteiger partial charge in [0.15, 0.2) is 0 Å². The summed E-state index contributed by atoms with van der Waals surface area (Å²) >= 11 is 1.13. The molecular weight excluding hydrogens is 241 g/mol. The van der Waals surface area contributed by atoms with Crippen molar-refractivity contribution in [2.24, 2.45) is 0 Å². The molecule has 0 aliphatic carbocycles. The number of hydrogen-bond donors (Lipinski definition) is 1.